The Morgan fingerprint density at radius 1 is 1.28 bits per heavy atom. The minimum Gasteiger partial charge on any atom is -0.348 e. The molecule has 1 amide bonds. The Balaban J connectivity index is 1.41. The molecule has 0 bridgehead atoms. The molecule has 2 atom stereocenters. The van der Waals surface area contributed by atoms with Crippen LogP contribution in [0.5, 0.6) is 0 Å². The molecule has 0 saturated heterocycles. The minimum absolute atomic E-state index is 0.0277. The number of hydrogen-bond donors (Lipinski definition) is 2. The van der Waals surface area contributed by atoms with E-state index in [-0.39, 0.29) is 29.1 Å². The van der Waals surface area contributed by atoms with E-state index in [9.17, 15) is 9.59 Å². The van der Waals surface area contributed by atoms with Gasteiger partial charge in [0.05, 0.1) is 0 Å². The van der Waals surface area contributed by atoms with Crippen LogP contribution >= 0.6 is 0 Å². The van der Waals surface area contributed by atoms with Crippen molar-refractivity contribution < 1.29 is 9.32 Å². The highest BCUT2D eigenvalue weighted by molar-refractivity contribution is 5.92. The van der Waals surface area contributed by atoms with Gasteiger partial charge in [-0.3, -0.25) is 9.59 Å². The maximum Gasteiger partial charge on any atom is 0.270 e. The average molecular weight is 343 g/mol. The maximum absolute atomic E-state index is 12.5. The van der Waals surface area contributed by atoms with Crippen LogP contribution < -0.4 is 10.9 Å². The number of hydrogen-bond acceptors (Lipinski definition) is 6. The summed E-state index contributed by atoms with van der Waals surface area (Å²) in [5.41, 5.74) is -0.0792. The van der Waals surface area contributed by atoms with Crippen LogP contribution in [0.3, 0.4) is 0 Å². The predicted molar refractivity (Wildman–Crippen MR) is 88.4 cm³/mol. The molecule has 0 aliphatic heterocycles. The highest BCUT2D eigenvalue weighted by Crippen LogP contribution is 2.37. The summed E-state index contributed by atoms with van der Waals surface area (Å²) in [6.45, 7) is 1.98. The molecule has 2 fully saturated rings. The van der Waals surface area contributed by atoms with Crippen LogP contribution in [0, 0.1) is 0 Å². The molecule has 132 valence electrons. The Hall–Kier alpha value is -2.51. The van der Waals surface area contributed by atoms with E-state index >= 15 is 0 Å². The van der Waals surface area contributed by atoms with Crippen LogP contribution in [0.2, 0.25) is 0 Å². The fraction of sp³-hybridized carbons (Fsp3) is 0.588. The number of aryl methyl sites for hydroxylation is 1. The Kier molecular flexibility index (Phi) is 4.10. The van der Waals surface area contributed by atoms with Crippen molar-refractivity contribution in [2.75, 3.05) is 0 Å². The van der Waals surface area contributed by atoms with Crippen LogP contribution in [0.25, 0.3) is 0 Å². The molecule has 2 aliphatic rings. The lowest BCUT2D eigenvalue weighted by Crippen LogP contribution is -2.34. The first-order chi connectivity index (χ1) is 12.1. The smallest absolute Gasteiger partial charge is 0.270 e. The summed E-state index contributed by atoms with van der Waals surface area (Å²) >= 11 is 0. The molecule has 2 heterocycles. The number of carbonyl (C=O) groups excluding carboxylic acids is 1. The summed E-state index contributed by atoms with van der Waals surface area (Å²) in [7, 11) is 0. The highest BCUT2D eigenvalue weighted by Gasteiger charge is 2.32. The molecule has 2 saturated carbocycles. The lowest BCUT2D eigenvalue weighted by molar-refractivity contribution is 0.0931. The number of nitrogens with one attached hydrogen (secondary N) is 2. The third-order valence-electron chi connectivity index (χ3n) is 4.87. The van der Waals surface area contributed by atoms with Crippen molar-refractivity contribution in [3.63, 3.8) is 0 Å². The second-order valence-electron chi connectivity index (χ2n) is 6.87. The van der Waals surface area contributed by atoms with Gasteiger partial charge in [0.15, 0.2) is 5.82 Å². The van der Waals surface area contributed by atoms with E-state index in [4.69, 9.17) is 4.52 Å². The van der Waals surface area contributed by atoms with Crippen molar-refractivity contribution in [3.8, 4) is 0 Å². The van der Waals surface area contributed by atoms with Crippen molar-refractivity contribution in [3.05, 3.63) is 39.7 Å². The molecule has 0 radical (unpaired) electrons. The monoisotopic (exact) mass is 343 g/mol. The topological polar surface area (TPSA) is 114 Å². The van der Waals surface area contributed by atoms with Gasteiger partial charge in [0.2, 0.25) is 5.89 Å². The van der Waals surface area contributed by atoms with Gasteiger partial charge in [-0.15, -0.1) is 0 Å². The third kappa shape index (κ3) is 3.47. The number of aromatic amines is 1. The molecule has 2 unspecified atom stereocenters. The fourth-order valence-electron chi connectivity index (χ4n) is 3.32. The molecule has 4 rings (SSSR count). The SMILES string of the molecule is CCc1noc(C2CCC(NC(=O)c3cc(=O)[nH]c(C4CC4)n3)C2)n1. The molecule has 8 nitrogen and oxygen atoms in total. The summed E-state index contributed by atoms with van der Waals surface area (Å²) in [5.74, 6) is 2.16. The van der Waals surface area contributed by atoms with Crippen molar-refractivity contribution >= 4 is 5.91 Å². The largest absolute Gasteiger partial charge is 0.348 e. The first kappa shape index (κ1) is 16.0. The number of nitrogens with zero attached hydrogens (tertiary/aromatic N) is 3. The number of carbonyl (C=O) groups is 1. The van der Waals surface area contributed by atoms with Gasteiger partial charge in [0.1, 0.15) is 11.5 Å². The molecule has 2 aromatic rings. The zero-order valence-corrected chi connectivity index (χ0v) is 14.1. The zero-order chi connectivity index (χ0) is 17.4. The Morgan fingerprint density at radius 3 is 2.80 bits per heavy atom. The molecule has 0 spiro atoms. The number of rotatable bonds is 5. The first-order valence-corrected chi connectivity index (χ1v) is 8.87. The van der Waals surface area contributed by atoms with E-state index in [1.807, 2.05) is 6.92 Å². The van der Waals surface area contributed by atoms with Gasteiger partial charge in [-0.25, -0.2) is 4.98 Å². The van der Waals surface area contributed by atoms with Crippen molar-refractivity contribution in [1.29, 1.82) is 0 Å². The molecule has 2 aliphatic carbocycles. The Bertz CT molecular complexity index is 839. The molecule has 2 N–H and O–H groups in total. The fourth-order valence-corrected chi connectivity index (χ4v) is 3.32. The summed E-state index contributed by atoms with van der Waals surface area (Å²) in [5, 5.41) is 6.92. The number of amides is 1. The quantitative estimate of drug-likeness (QED) is 0.853. The first-order valence-electron chi connectivity index (χ1n) is 8.87. The predicted octanol–water partition coefficient (Wildman–Crippen LogP) is 1.66. The maximum atomic E-state index is 12.5. The summed E-state index contributed by atoms with van der Waals surface area (Å²) in [4.78, 5) is 35.6. The lowest BCUT2D eigenvalue weighted by atomic mass is 10.1. The van der Waals surface area contributed by atoms with Crippen LogP contribution in [-0.2, 0) is 6.42 Å². The van der Waals surface area contributed by atoms with Crippen molar-refractivity contribution in [1.82, 2.24) is 25.4 Å². The van der Waals surface area contributed by atoms with E-state index in [2.05, 4.69) is 25.4 Å². The average Bonchev–Trinajstić information content (AvgIpc) is 3.16. The highest BCUT2D eigenvalue weighted by atomic mass is 16.5. The normalized spacial score (nSPS) is 22.9. The minimum atomic E-state index is -0.293. The van der Waals surface area contributed by atoms with Crippen LogP contribution in [0.15, 0.2) is 15.4 Å². The third-order valence-corrected chi connectivity index (χ3v) is 4.87. The molecule has 8 heteroatoms. The Morgan fingerprint density at radius 2 is 2.08 bits per heavy atom. The molecular weight excluding hydrogens is 322 g/mol. The molecule has 2 aromatic heterocycles. The van der Waals surface area contributed by atoms with Crippen LogP contribution in [0.1, 0.15) is 78.9 Å². The van der Waals surface area contributed by atoms with Gasteiger partial charge < -0.3 is 14.8 Å². The van der Waals surface area contributed by atoms with E-state index in [0.717, 1.165) is 38.5 Å². The van der Waals surface area contributed by atoms with E-state index in [1.54, 1.807) is 0 Å². The van der Waals surface area contributed by atoms with E-state index in [0.29, 0.717) is 23.5 Å². The van der Waals surface area contributed by atoms with E-state index in [1.165, 1.54) is 6.07 Å². The molecule has 0 aromatic carbocycles. The molecular formula is C17H21N5O3. The number of aromatic nitrogens is 4. The van der Waals surface area contributed by atoms with Gasteiger partial charge in [-0.05, 0) is 32.1 Å². The lowest BCUT2D eigenvalue weighted by Gasteiger charge is -2.12. The van der Waals surface area contributed by atoms with Gasteiger partial charge in [0, 0.05) is 30.4 Å². The zero-order valence-electron chi connectivity index (χ0n) is 14.1. The summed E-state index contributed by atoms with van der Waals surface area (Å²) in [6.07, 6.45) is 5.28. The Labute approximate surface area is 144 Å². The van der Waals surface area contributed by atoms with Gasteiger partial charge in [0.25, 0.3) is 11.5 Å². The standard InChI is InChI=1S/C17H21N5O3/c1-2-13-20-17(25-22-13)10-5-6-11(7-10)18-16(24)12-8-14(23)21-15(19-12)9-3-4-9/h8-11H,2-7H2,1H3,(H,18,24)(H,19,21,23). The van der Waals surface area contributed by atoms with Gasteiger partial charge in [-0.1, -0.05) is 12.1 Å². The van der Waals surface area contributed by atoms with Gasteiger partial charge in [-0.2, -0.15) is 4.98 Å². The number of H-pyrrole nitrogens is 1. The summed E-state index contributed by atoms with van der Waals surface area (Å²) in [6, 6.07) is 1.29. The second kappa shape index (κ2) is 6.42. The second-order valence-corrected chi connectivity index (χ2v) is 6.87. The van der Waals surface area contributed by atoms with Crippen LogP contribution in [0.4, 0.5) is 0 Å². The van der Waals surface area contributed by atoms with Gasteiger partial charge >= 0.3 is 0 Å². The van der Waals surface area contributed by atoms with Crippen LogP contribution in [-0.4, -0.2) is 32.1 Å². The summed E-state index contributed by atoms with van der Waals surface area (Å²) < 4.78 is 5.31. The van der Waals surface area contributed by atoms with Crippen molar-refractivity contribution in [2.24, 2.45) is 0 Å². The van der Waals surface area contributed by atoms with E-state index < -0.39 is 0 Å². The van der Waals surface area contributed by atoms with Crippen molar-refractivity contribution in [2.45, 2.75) is 63.3 Å². The molecule has 25 heavy (non-hydrogen) atoms.